The number of halogens is 1. The number of sulfonamides is 1. The Morgan fingerprint density at radius 2 is 1.66 bits per heavy atom. The number of carbonyl (C=O) groups excluding carboxylic acids is 1. The van der Waals surface area contributed by atoms with Crippen molar-refractivity contribution in [3.63, 3.8) is 0 Å². The van der Waals surface area contributed by atoms with Gasteiger partial charge in [0.25, 0.3) is 0 Å². The maximum Gasteiger partial charge on any atom is 0.241 e. The topological polar surface area (TPSA) is 69.7 Å². The summed E-state index contributed by atoms with van der Waals surface area (Å²) in [6, 6.07) is 15.0. The van der Waals surface area contributed by atoms with E-state index in [4.69, 9.17) is 11.6 Å². The Labute approximate surface area is 177 Å². The number of carbonyl (C=O) groups is 1. The van der Waals surface area contributed by atoms with Gasteiger partial charge in [-0.3, -0.25) is 4.79 Å². The molecule has 1 N–H and O–H groups in total. The molecule has 1 aliphatic rings. The third-order valence-corrected chi connectivity index (χ3v) is 6.73. The molecule has 1 amide bonds. The molecule has 6 nitrogen and oxygen atoms in total. The fourth-order valence-corrected chi connectivity index (χ4v) is 4.90. The van der Waals surface area contributed by atoms with E-state index in [1.807, 2.05) is 38.1 Å². The Morgan fingerprint density at radius 3 is 2.24 bits per heavy atom. The summed E-state index contributed by atoms with van der Waals surface area (Å²) in [5.41, 5.74) is 1.02. The van der Waals surface area contributed by atoms with Crippen LogP contribution in [0.15, 0.2) is 59.5 Å². The average Bonchev–Trinajstić information content (AvgIpc) is 2.72. The molecule has 2 aromatic carbocycles. The second-order valence-corrected chi connectivity index (χ2v) is 9.60. The monoisotopic (exact) mass is 435 g/mol. The lowest BCUT2D eigenvalue weighted by Crippen LogP contribution is -2.56. The van der Waals surface area contributed by atoms with Crippen molar-refractivity contribution in [2.75, 3.05) is 31.1 Å². The van der Waals surface area contributed by atoms with E-state index in [9.17, 15) is 13.2 Å². The number of anilines is 1. The van der Waals surface area contributed by atoms with E-state index in [-0.39, 0.29) is 16.7 Å². The molecule has 1 fully saturated rings. The Bertz CT molecular complexity index is 943. The van der Waals surface area contributed by atoms with Gasteiger partial charge in [0, 0.05) is 36.9 Å². The Kier molecular flexibility index (Phi) is 6.82. The average molecular weight is 436 g/mol. The van der Waals surface area contributed by atoms with Crippen molar-refractivity contribution in [3.8, 4) is 0 Å². The molecule has 0 radical (unpaired) electrons. The molecule has 29 heavy (non-hydrogen) atoms. The van der Waals surface area contributed by atoms with Crippen LogP contribution in [0.4, 0.5) is 5.69 Å². The molecule has 1 aliphatic heterocycles. The molecule has 156 valence electrons. The van der Waals surface area contributed by atoms with Gasteiger partial charge in [-0.15, -0.1) is 0 Å². The van der Waals surface area contributed by atoms with Crippen molar-refractivity contribution in [3.05, 3.63) is 59.6 Å². The molecule has 1 saturated heterocycles. The Morgan fingerprint density at radius 1 is 1.00 bits per heavy atom. The van der Waals surface area contributed by atoms with Gasteiger partial charge < -0.3 is 9.80 Å². The smallest absolute Gasteiger partial charge is 0.241 e. The number of piperazine rings is 1. The Hall–Kier alpha value is -2.09. The molecule has 0 aromatic heterocycles. The van der Waals surface area contributed by atoms with Crippen LogP contribution in [0.25, 0.3) is 0 Å². The summed E-state index contributed by atoms with van der Waals surface area (Å²) in [7, 11) is -3.77. The third-order valence-electron chi connectivity index (χ3n) is 5.03. The van der Waals surface area contributed by atoms with E-state index < -0.39 is 16.1 Å². The van der Waals surface area contributed by atoms with Gasteiger partial charge in [-0.25, -0.2) is 8.42 Å². The second kappa shape index (κ2) is 9.15. The van der Waals surface area contributed by atoms with Crippen molar-refractivity contribution >= 4 is 33.2 Å². The van der Waals surface area contributed by atoms with Gasteiger partial charge in [0.05, 0.1) is 4.90 Å². The number of nitrogens with one attached hydrogen (secondary N) is 1. The highest BCUT2D eigenvalue weighted by Gasteiger charge is 2.33. The standard InChI is InChI=1S/C21H26ClN3O3S/c1-16(2)20(23-29(27,28)19-9-4-3-5-10-19)21(26)25-13-11-24(12-14-25)18-8-6-7-17(22)15-18/h3-10,15-16,20,23H,11-14H2,1-2H3/t20-/m0/s1. The van der Waals surface area contributed by atoms with Crippen molar-refractivity contribution in [1.82, 2.24) is 9.62 Å². The predicted molar refractivity (Wildman–Crippen MR) is 116 cm³/mol. The van der Waals surface area contributed by atoms with Gasteiger partial charge in [-0.2, -0.15) is 4.72 Å². The van der Waals surface area contributed by atoms with E-state index in [1.54, 1.807) is 23.1 Å². The van der Waals surface area contributed by atoms with Gasteiger partial charge in [0.15, 0.2) is 0 Å². The zero-order chi connectivity index (χ0) is 21.0. The summed E-state index contributed by atoms with van der Waals surface area (Å²) in [4.78, 5) is 17.2. The van der Waals surface area contributed by atoms with E-state index >= 15 is 0 Å². The van der Waals surface area contributed by atoms with Crippen molar-refractivity contribution < 1.29 is 13.2 Å². The van der Waals surface area contributed by atoms with Crippen LogP contribution in [0.3, 0.4) is 0 Å². The molecule has 1 atom stereocenters. The molecule has 0 saturated carbocycles. The first-order valence-electron chi connectivity index (χ1n) is 9.64. The fourth-order valence-electron chi connectivity index (χ4n) is 3.36. The summed E-state index contributed by atoms with van der Waals surface area (Å²) in [6.45, 7) is 6.09. The molecule has 0 aliphatic carbocycles. The number of hydrogen-bond donors (Lipinski definition) is 1. The van der Waals surface area contributed by atoms with Crippen LogP contribution >= 0.6 is 11.6 Å². The van der Waals surface area contributed by atoms with Gasteiger partial charge in [0.1, 0.15) is 6.04 Å². The minimum Gasteiger partial charge on any atom is -0.368 e. The minimum absolute atomic E-state index is 0.157. The van der Waals surface area contributed by atoms with Crippen LogP contribution in [0, 0.1) is 5.92 Å². The molecule has 0 unspecified atom stereocenters. The van der Waals surface area contributed by atoms with Crippen LogP contribution in [-0.4, -0.2) is 51.4 Å². The maximum absolute atomic E-state index is 13.1. The summed E-state index contributed by atoms with van der Waals surface area (Å²) in [5, 5.41) is 0.677. The molecule has 8 heteroatoms. The van der Waals surface area contributed by atoms with Gasteiger partial charge in [-0.1, -0.05) is 49.7 Å². The first kappa shape index (κ1) is 21.6. The first-order valence-corrected chi connectivity index (χ1v) is 11.5. The fraction of sp³-hybridized carbons (Fsp3) is 0.381. The summed E-state index contributed by atoms with van der Waals surface area (Å²) >= 11 is 6.08. The third kappa shape index (κ3) is 5.29. The highest BCUT2D eigenvalue weighted by Crippen LogP contribution is 2.21. The summed E-state index contributed by atoms with van der Waals surface area (Å²) in [6.07, 6.45) is 0. The minimum atomic E-state index is -3.77. The number of amides is 1. The van der Waals surface area contributed by atoms with E-state index in [0.717, 1.165) is 5.69 Å². The van der Waals surface area contributed by atoms with Crippen molar-refractivity contribution in [1.29, 1.82) is 0 Å². The highest BCUT2D eigenvalue weighted by atomic mass is 35.5. The molecule has 2 aromatic rings. The molecule has 3 rings (SSSR count). The lowest BCUT2D eigenvalue weighted by Gasteiger charge is -2.38. The van der Waals surface area contributed by atoms with E-state index in [0.29, 0.717) is 31.2 Å². The van der Waals surface area contributed by atoms with Gasteiger partial charge in [0.2, 0.25) is 15.9 Å². The lowest BCUT2D eigenvalue weighted by molar-refractivity contribution is -0.134. The Balaban J connectivity index is 1.67. The van der Waals surface area contributed by atoms with Crippen LogP contribution in [-0.2, 0) is 14.8 Å². The molecule has 1 heterocycles. The highest BCUT2D eigenvalue weighted by molar-refractivity contribution is 7.89. The van der Waals surface area contributed by atoms with Crippen LogP contribution in [0.2, 0.25) is 5.02 Å². The number of rotatable bonds is 6. The SMILES string of the molecule is CC(C)[C@H](NS(=O)(=O)c1ccccc1)C(=O)N1CCN(c2cccc(Cl)c2)CC1. The molecule has 0 spiro atoms. The quantitative estimate of drug-likeness (QED) is 0.757. The number of benzene rings is 2. The second-order valence-electron chi connectivity index (χ2n) is 7.45. The molecule has 0 bridgehead atoms. The van der Waals surface area contributed by atoms with Crippen molar-refractivity contribution in [2.24, 2.45) is 5.92 Å². The summed E-state index contributed by atoms with van der Waals surface area (Å²) < 4.78 is 28.0. The predicted octanol–water partition coefficient (Wildman–Crippen LogP) is 2.99. The first-order chi connectivity index (χ1) is 13.8. The zero-order valence-corrected chi connectivity index (χ0v) is 18.2. The molecular weight excluding hydrogens is 410 g/mol. The molecular formula is C21H26ClN3O3S. The van der Waals surface area contributed by atoms with Gasteiger partial charge >= 0.3 is 0 Å². The lowest BCUT2D eigenvalue weighted by atomic mass is 10.0. The largest absolute Gasteiger partial charge is 0.368 e. The summed E-state index contributed by atoms with van der Waals surface area (Å²) in [5.74, 6) is -0.364. The van der Waals surface area contributed by atoms with Crippen LogP contribution < -0.4 is 9.62 Å². The maximum atomic E-state index is 13.1. The van der Waals surface area contributed by atoms with Crippen LogP contribution in [0.1, 0.15) is 13.8 Å². The van der Waals surface area contributed by atoms with E-state index in [1.165, 1.54) is 12.1 Å². The number of nitrogens with zero attached hydrogens (tertiary/aromatic N) is 2. The normalized spacial score (nSPS) is 16.1. The number of hydrogen-bond acceptors (Lipinski definition) is 4. The zero-order valence-electron chi connectivity index (χ0n) is 16.6. The van der Waals surface area contributed by atoms with Gasteiger partial charge in [-0.05, 0) is 36.2 Å². The van der Waals surface area contributed by atoms with Crippen LogP contribution in [0.5, 0.6) is 0 Å². The van der Waals surface area contributed by atoms with E-state index in [2.05, 4.69) is 9.62 Å². The van der Waals surface area contributed by atoms with Crippen molar-refractivity contribution in [2.45, 2.75) is 24.8 Å².